The Morgan fingerprint density at radius 2 is 2.00 bits per heavy atom. The summed E-state index contributed by atoms with van der Waals surface area (Å²) < 4.78 is 0. The Morgan fingerprint density at radius 1 is 1.39 bits per heavy atom. The highest BCUT2D eigenvalue weighted by molar-refractivity contribution is 6.23. The first-order valence-electron chi connectivity index (χ1n) is 6.16. The lowest BCUT2D eigenvalue weighted by Gasteiger charge is -2.21. The lowest BCUT2D eigenvalue weighted by Crippen LogP contribution is -2.22. The monoisotopic (exact) mass is 244 g/mol. The van der Waals surface area contributed by atoms with Gasteiger partial charge >= 0.3 is 0 Å². The zero-order chi connectivity index (χ0) is 13.9. The minimum absolute atomic E-state index is 0.0267. The molecule has 18 heavy (non-hydrogen) atoms. The van der Waals surface area contributed by atoms with Gasteiger partial charge in [0.1, 0.15) is 0 Å². The molecule has 0 bridgehead atoms. The van der Waals surface area contributed by atoms with E-state index in [2.05, 4.69) is 13.2 Å². The number of carbonyl (C=O) groups is 2. The molecule has 1 rings (SSSR count). The van der Waals surface area contributed by atoms with Gasteiger partial charge in [-0.1, -0.05) is 32.1 Å². The van der Waals surface area contributed by atoms with Crippen molar-refractivity contribution in [1.82, 2.24) is 0 Å². The second-order valence-corrected chi connectivity index (χ2v) is 5.04. The quantitative estimate of drug-likeness (QED) is 0.547. The fraction of sp³-hybridized carbons (Fsp3) is 0.375. The molecule has 0 fully saturated rings. The zero-order valence-corrected chi connectivity index (χ0v) is 11.4. The van der Waals surface area contributed by atoms with Crippen LogP contribution in [-0.4, -0.2) is 11.6 Å². The zero-order valence-electron chi connectivity index (χ0n) is 11.4. The number of Topliss-reactive ketones (excluding diaryl/α,β-unsaturated/α-hetero) is 1. The average Bonchev–Trinajstić information content (AvgIpc) is 2.24. The van der Waals surface area contributed by atoms with Crippen LogP contribution in [0.1, 0.15) is 33.6 Å². The standard InChI is InChI=1S/C16H20O2/c1-6-7-12-9-14(17)15(11(4)5)13(16(12)18)8-10(2)3/h6,9,11H,1-2,7-8H2,3-5H3. The van der Waals surface area contributed by atoms with Crippen molar-refractivity contribution in [3.05, 3.63) is 47.6 Å². The normalized spacial score (nSPS) is 16.1. The maximum atomic E-state index is 12.3. The molecule has 0 aromatic carbocycles. The number of ketones is 2. The van der Waals surface area contributed by atoms with Gasteiger partial charge in [-0.15, -0.1) is 6.58 Å². The molecule has 1 aliphatic rings. The first-order valence-corrected chi connectivity index (χ1v) is 6.16. The molecule has 1 aliphatic carbocycles. The summed E-state index contributed by atoms with van der Waals surface area (Å²) in [5.74, 6) is -0.0174. The van der Waals surface area contributed by atoms with Crippen molar-refractivity contribution in [2.75, 3.05) is 0 Å². The Labute approximate surface area is 109 Å². The molecule has 0 atom stereocenters. The topological polar surface area (TPSA) is 34.1 Å². The van der Waals surface area contributed by atoms with Crippen LogP contribution in [0.3, 0.4) is 0 Å². The van der Waals surface area contributed by atoms with Crippen LogP contribution in [-0.2, 0) is 9.59 Å². The van der Waals surface area contributed by atoms with Crippen LogP contribution in [0.5, 0.6) is 0 Å². The molecule has 0 spiro atoms. The van der Waals surface area contributed by atoms with E-state index in [-0.39, 0.29) is 17.5 Å². The molecule has 0 aromatic heterocycles. The maximum absolute atomic E-state index is 12.3. The molecule has 0 radical (unpaired) electrons. The van der Waals surface area contributed by atoms with Crippen LogP contribution in [0.2, 0.25) is 0 Å². The minimum Gasteiger partial charge on any atom is -0.290 e. The van der Waals surface area contributed by atoms with E-state index in [1.807, 2.05) is 20.8 Å². The Bertz CT molecular complexity index is 473. The highest BCUT2D eigenvalue weighted by Crippen LogP contribution is 2.29. The van der Waals surface area contributed by atoms with Crippen LogP contribution in [0.25, 0.3) is 0 Å². The molecule has 0 N–H and O–H groups in total. The minimum atomic E-state index is -0.0438. The van der Waals surface area contributed by atoms with Crippen LogP contribution in [0.15, 0.2) is 47.6 Å². The van der Waals surface area contributed by atoms with Crippen molar-refractivity contribution in [2.24, 2.45) is 5.92 Å². The summed E-state index contributed by atoms with van der Waals surface area (Å²) in [6.07, 6.45) is 4.03. The Balaban J connectivity index is 3.27. The maximum Gasteiger partial charge on any atom is 0.186 e. The van der Waals surface area contributed by atoms with Crippen molar-refractivity contribution < 1.29 is 9.59 Å². The fourth-order valence-electron chi connectivity index (χ4n) is 2.18. The fourth-order valence-corrected chi connectivity index (χ4v) is 2.18. The van der Waals surface area contributed by atoms with Crippen molar-refractivity contribution >= 4 is 11.6 Å². The molecule has 2 heteroatoms. The van der Waals surface area contributed by atoms with Gasteiger partial charge in [0.05, 0.1) is 0 Å². The highest BCUT2D eigenvalue weighted by Gasteiger charge is 2.28. The smallest absolute Gasteiger partial charge is 0.186 e. The predicted molar refractivity (Wildman–Crippen MR) is 74.2 cm³/mol. The van der Waals surface area contributed by atoms with E-state index in [1.54, 1.807) is 6.08 Å². The Kier molecular flexibility index (Phi) is 4.60. The van der Waals surface area contributed by atoms with Gasteiger partial charge in [-0.3, -0.25) is 9.59 Å². The first-order chi connectivity index (χ1) is 8.38. The summed E-state index contributed by atoms with van der Waals surface area (Å²) >= 11 is 0. The van der Waals surface area contributed by atoms with Crippen LogP contribution in [0.4, 0.5) is 0 Å². The molecule has 96 valence electrons. The summed E-state index contributed by atoms with van der Waals surface area (Å²) in [4.78, 5) is 24.5. The molecule has 0 aliphatic heterocycles. The summed E-state index contributed by atoms with van der Waals surface area (Å²) in [5.41, 5.74) is 2.68. The van der Waals surface area contributed by atoms with E-state index in [9.17, 15) is 9.59 Å². The average molecular weight is 244 g/mol. The number of rotatable bonds is 5. The third-order valence-corrected chi connectivity index (χ3v) is 2.88. The molecule has 0 heterocycles. The predicted octanol–water partition coefficient (Wildman–Crippen LogP) is 3.56. The second kappa shape index (κ2) is 5.76. The van der Waals surface area contributed by atoms with Crippen LogP contribution < -0.4 is 0 Å². The number of carbonyl (C=O) groups excluding carboxylic acids is 2. The second-order valence-electron chi connectivity index (χ2n) is 5.04. The third kappa shape index (κ3) is 2.95. The van der Waals surface area contributed by atoms with Crippen molar-refractivity contribution in [3.63, 3.8) is 0 Å². The van der Waals surface area contributed by atoms with E-state index < -0.39 is 0 Å². The molecule has 0 saturated carbocycles. The van der Waals surface area contributed by atoms with E-state index >= 15 is 0 Å². The van der Waals surface area contributed by atoms with E-state index in [4.69, 9.17) is 0 Å². The SMILES string of the molecule is C=CCC1=CC(=O)C(C(C)C)=C(CC(=C)C)C1=O. The summed E-state index contributed by atoms with van der Waals surface area (Å²) in [6.45, 7) is 13.2. The van der Waals surface area contributed by atoms with Gasteiger partial charge in [0, 0.05) is 16.7 Å². The van der Waals surface area contributed by atoms with E-state index in [0.29, 0.717) is 29.6 Å². The van der Waals surface area contributed by atoms with Gasteiger partial charge < -0.3 is 0 Å². The molecule has 0 saturated heterocycles. The first kappa shape index (κ1) is 14.4. The Morgan fingerprint density at radius 3 is 2.44 bits per heavy atom. The largest absolute Gasteiger partial charge is 0.290 e. The lowest BCUT2D eigenvalue weighted by atomic mass is 9.81. The lowest BCUT2D eigenvalue weighted by molar-refractivity contribution is -0.116. The molecule has 0 aromatic rings. The van der Waals surface area contributed by atoms with E-state index in [1.165, 1.54) is 6.08 Å². The van der Waals surface area contributed by atoms with Crippen molar-refractivity contribution in [1.29, 1.82) is 0 Å². The molecule has 0 unspecified atom stereocenters. The highest BCUT2D eigenvalue weighted by atomic mass is 16.1. The van der Waals surface area contributed by atoms with Gasteiger partial charge in [-0.05, 0) is 31.8 Å². The van der Waals surface area contributed by atoms with Gasteiger partial charge in [-0.25, -0.2) is 0 Å². The van der Waals surface area contributed by atoms with Crippen molar-refractivity contribution in [2.45, 2.75) is 33.6 Å². The summed E-state index contributed by atoms with van der Waals surface area (Å²) in [5, 5.41) is 0. The summed E-state index contributed by atoms with van der Waals surface area (Å²) in [7, 11) is 0. The number of allylic oxidation sites excluding steroid dienone is 6. The molecule has 2 nitrogen and oxygen atoms in total. The van der Waals surface area contributed by atoms with Gasteiger partial charge in [0.15, 0.2) is 11.6 Å². The Hall–Kier alpha value is -1.70. The summed E-state index contributed by atoms with van der Waals surface area (Å²) in [6, 6.07) is 0. The van der Waals surface area contributed by atoms with Gasteiger partial charge in [0.25, 0.3) is 0 Å². The number of hydrogen-bond donors (Lipinski definition) is 0. The third-order valence-electron chi connectivity index (χ3n) is 2.88. The van der Waals surface area contributed by atoms with Gasteiger partial charge in [0.2, 0.25) is 0 Å². The number of hydrogen-bond acceptors (Lipinski definition) is 2. The van der Waals surface area contributed by atoms with Crippen LogP contribution >= 0.6 is 0 Å². The van der Waals surface area contributed by atoms with Crippen molar-refractivity contribution in [3.8, 4) is 0 Å². The van der Waals surface area contributed by atoms with E-state index in [0.717, 1.165) is 5.57 Å². The molecule has 0 amide bonds. The van der Waals surface area contributed by atoms with Crippen LogP contribution in [0, 0.1) is 5.92 Å². The molecular weight excluding hydrogens is 224 g/mol. The molecular formula is C16H20O2. The van der Waals surface area contributed by atoms with Gasteiger partial charge in [-0.2, -0.15) is 0 Å².